The molecule has 1 fully saturated rings. The van der Waals surface area contributed by atoms with Crippen LogP contribution in [0.5, 0.6) is 0 Å². The predicted octanol–water partition coefficient (Wildman–Crippen LogP) is 0.748. The van der Waals surface area contributed by atoms with Gasteiger partial charge >= 0.3 is 5.97 Å². The largest absolute Gasteiger partial charge is 0.476 e. The maximum Gasteiger partial charge on any atom is 0.356 e. The summed E-state index contributed by atoms with van der Waals surface area (Å²) in [6.45, 7) is 0. The van der Waals surface area contributed by atoms with Crippen molar-refractivity contribution >= 4 is 15.8 Å². The van der Waals surface area contributed by atoms with Gasteiger partial charge in [-0.2, -0.15) is 5.10 Å². The molecule has 0 aliphatic carbocycles. The number of carboxylic acid groups (broad SMARTS) is 1. The SMILES string of the molecule is O=C(O)c1cc(C2CCCCS2(=O)=O)[nH]n1. The number of aromatic nitrogens is 2. The number of aromatic carboxylic acids is 1. The number of rotatable bonds is 2. The molecule has 0 aromatic carbocycles. The number of nitrogens with one attached hydrogen (secondary N) is 1. The normalized spacial score (nSPS) is 24.1. The average molecular weight is 244 g/mol. The van der Waals surface area contributed by atoms with Gasteiger partial charge in [0.05, 0.1) is 11.4 Å². The molecule has 1 aromatic heterocycles. The molecule has 0 radical (unpaired) electrons. The van der Waals surface area contributed by atoms with E-state index in [0.29, 0.717) is 18.5 Å². The number of H-pyrrole nitrogens is 1. The van der Waals surface area contributed by atoms with Crippen molar-refractivity contribution < 1.29 is 18.3 Å². The molecule has 0 saturated carbocycles. The molecule has 7 heteroatoms. The fraction of sp³-hybridized carbons (Fsp3) is 0.556. The van der Waals surface area contributed by atoms with Crippen LogP contribution in [0.15, 0.2) is 6.07 Å². The molecular weight excluding hydrogens is 232 g/mol. The van der Waals surface area contributed by atoms with Gasteiger partial charge in [-0.3, -0.25) is 5.10 Å². The van der Waals surface area contributed by atoms with E-state index < -0.39 is 21.1 Å². The van der Waals surface area contributed by atoms with Crippen LogP contribution in [0.4, 0.5) is 0 Å². The smallest absolute Gasteiger partial charge is 0.356 e. The van der Waals surface area contributed by atoms with Gasteiger partial charge in [-0.25, -0.2) is 13.2 Å². The average Bonchev–Trinajstić information content (AvgIpc) is 2.65. The highest BCUT2D eigenvalue weighted by molar-refractivity contribution is 7.91. The number of aromatic amines is 1. The van der Waals surface area contributed by atoms with E-state index in [0.717, 1.165) is 6.42 Å². The number of nitrogens with zero attached hydrogens (tertiary/aromatic N) is 1. The van der Waals surface area contributed by atoms with Gasteiger partial charge in [0.25, 0.3) is 0 Å². The number of sulfone groups is 1. The summed E-state index contributed by atoms with van der Waals surface area (Å²) in [6, 6.07) is 1.30. The van der Waals surface area contributed by atoms with E-state index in [-0.39, 0.29) is 11.4 Å². The van der Waals surface area contributed by atoms with E-state index in [1.165, 1.54) is 6.07 Å². The van der Waals surface area contributed by atoms with Gasteiger partial charge in [0, 0.05) is 0 Å². The van der Waals surface area contributed by atoms with Crippen LogP contribution in [0.25, 0.3) is 0 Å². The molecular formula is C9H12N2O4S. The Labute approximate surface area is 92.6 Å². The first-order valence-electron chi connectivity index (χ1n) is 5.01. The summed E-state index contributed by atoms with van der Waals surface area (Å²) >= 11 is 0. The maximum absolute atomic E-state index is 11.8. The van der Waals surface area contributed by atoms with Crippen molar-refractivity contribution in [2.75, 3.05) is 5.75 Å². The third kappa shape index (κ3) is 1.95. The van der Waals surface area contributed by atoms with Crippen LogP contribution in [-0.4, -0.2) is 35.4 Å². The lowest BCUT2D eigenvalue weighted by molar-refractivity contribution is 0.0690. The minimum Gasteiger partial charge on any atom is -0.476 e. The molecule has 1 aromatic rings. The van der Waals surface area contributed by atoms with Crippen LogP contribution in [0.3, 0.4) is 0 Å². The van der Waals surface area contributed by atoms with Crippen molar-refractivity contribution in [1.82, 2.24) is 10.2 Å². The third-order valence-corrected chi connectivity index (χ3v) is 4.96. The van der Waals surface area contributed by atoms with Crippen molar-refractivity contribution in [2.45, 2.75) is 24.5 Å². The van der Waals surface area contributed by atoms with Gasteiger partial charge in [0.2, 0.25) is 0 Å². The summed E-state index contributed by atoms with van der Waals surface area (Å²) in [5.74, 6) is -0.991. The second-order valence-corrected chi connectivity index (χ2v) is 6.17. The Morgan fingerprint density at radius 3 is 2.81 bits per heavy atom. The number of carboxylic acids is 1. The minimum absolute atomic E-state index is 0.143. The summed E-state index contributed by atoms with van der Waals surface area (Å²) in [5, 5.41) is 14.1. The lowest BCUT2D eigenvalue weighted by Crippen LogP contribution is -2.21. The van der Waals surface area contributed by atoms with Crippen LogP contribution in [0.1, 0.15) is 40.7 Å². The van der Waals surface area contributed by atoms with E-state index in [2.05, 4.69) is 10.2 Å². The predicted molar refractivity (Wildman–Crippen MR) is 55.9 cm³/mol. The zero-order chi connectivity index (χ0) is 11.8. The van der Waals surface area contributed by atoms with Gasteiger partial charge in [-0.1, -0.05) is 6.42 Å². The quantitative estimate of drug-likeness (QED) is 0.799. The van der Waals surface area contributed by atoms with E-state index in [4.69, 9.17) is 5.11 Å². The van der Waals surface area contributed by atoms with Crippen LogP contribution < -0.4 is 0 Å². The highest BCUT2D eigenvalue weighted by atomic mass is 32.2. The fourth-order valence-corrected chi connectivity index (χ4v) is 3.84. The molecule has 2 rings (SSSR count). The molecule has 16 heavy (non-hydrogen) atoms. The third-order valence-electron chi connectivity index (χ3n) is 2.74. The number of hydrogen-bond donors (Lipinski definition) is 2. The van der Waals surface area contributed by atoms with E-state index >= 15 is 0 Å². The molecule has 6 nitrogen and oxygen atoms in total. The molecule has 1 aliphatic heterocycles. The Kier molecular flexibility index (Phi) is 2.71. The summed E-state index contributed by atoms with van der Waals surface area (Å²) < 4.78 is 23.5. The van der Waals surface area contributed by atoms with E-state index in [9.17, 15) is 13.2 Å². The molecule has 2 N–H and O–H groups in total. The number of hydrogen-bond acceptors (Lipinski definition) is 4. The lowest BCUT2D eigenvalue weighted by atomic mass is 10.1. The van der Waals surface area contributed by atoms with Crippen LogP contribution in [0.2, 0.25) is 0 Å². The Morgan fingerprint density at radius 1 is 1.50 bits per heavy atom. The molecule has 1 aliphatic rings. The van der Waals surface area contributed by atoms with Crippen LogP contribution >= 0.6 is 0 Å². The Hall–Kier alpha value is -1.37. The standard InChI is InChI=1S/C9H12N2O4S/c12-9(13)7-5-6(10-11-7)8-3-1-2-4-16(8,14)15/h5,8H,1-4H2,(H,10,11)(H,12,13). The Bertz CT molecular complexity index is 505. The first-order valence-corrected chi connectivity index (χ1v) is 6.72. The highest BCUT2D eigenvalue weighted by Crippen LogP contribution is 2.32. The zero-order valence-electron chi connectivity index (χ0n) is 8.51. The summed E-state index contributed by atoms with van der Waals surface area (Å²) in [5.41, 5.74) is 0.243. The van der Waals surface area contributed by atoms with Crippen molar-refractivity contribution in [3.63, 3.8) is 0 Å². The van der Waals surface area contributed by atoms with Crippen molar-refractivity contribution in [1.29, 1.82) is 0 Å². The molecule has 1 unspecified atom stereocenters. The van der Waals surface area contributed by atoms with Gasteiger partial charge in [-0.15, -0.1) is 0 Å². The second-order valence-electron chi connectivity index (χ2n) is 3.87. The van der Waals surface area contributed by atoms with Crippen molar-refractivity contribution in [3.8, 4) is 0 Å². The van der Waals surface area contributed by atoms with Crippen LogP contribution in [0, 0.1) is 0 Å². The molecule has 2 heterocycles. The van der Waals surface area contributed by atoms with E-state index in [1.54, 1.807) is 0 Å². The molecule has 88 valence electrons. The van der Waals surface area contributed by atoms with E-state index in [1.807, 2.05) is 0 Å². The second kappa shape index (κ2) is 3.89. The van der Waals surface area contributed by atoms with Crippen molar-refractivity contribution in [3.05, 3.63) is 17.5 Å². The zero-order valence-corrected chi connectivity index (χ0v) is 9.33. The van der Waals surface area contributed by atoms with Crippen molar-refractivity contribution in [2.24, 2.45) is 0 Å². The molecule has 0 amide bonds. The van der Waals surface area contributed by atoms with Gasteiger partial charge in [0.1, 0.15) is 5.25 Å². The maximum atomic E-state index is 11.8. The van der Waals surface area contributed by atoms with Gasteiger partial charge in [-0.05, 0) is 18.9 Å². The first-order chi connectivity index (χ1) is 7.50. The van der Waals surface area contributed by atoms with Gasteiger partial charge in [0.15, 0.2) is 15.5 Å². The minimum atomic E-state index is -3.15. The molecule has 1 atom stereocenters. The highest BCUT2D eigenvalue weighted by Gasteiger charge is 2.32. The Morgan fingerprint density at radius 2 is 2.25 bits per heavy atom. The van der Waals surface area contributed by atoms with Crippen LogP contribution in [-0.2, 0) is 9.84 Å². The monoisotopic (exact) mass is 244 g/mol. The first kappa shape index (κ1) is 11.1. The molecule has 0 spiro atoms. The molecule has 1 saturated heterocycles. The summed E-state index contributed by atoms with van der Waals surface area (Å²) in [4.78, 5) is 10.6. The fourth-order valence-electron chi connectivity index (χ4n) is 1.91. The summed E-state index contributed by atoms with van der Waals surface area (Å²) in [7, 11) is -3.15. The topological polar surface area (TPSA) is 100 Å². The summed E-state index contributed by atoms with van der Waals surface area (Å²) in [6.07, 6.45) is 2.05. The Balaban J connectivity index is 2.32. The molecule has 0 bridgehead atoms. The number of carbonyl (C=O) groups is 1. The van der Waals surface area contributed by atoms with Gasteiger partial charge < -0.3 is 5.11 Å². The lowest BCUT2D eigenvalue weighted by Gasteiger charge is -2.20.